The van der Waals surface area contributed by atoms with Crippen LogP contribution in [0.5, 0.6) is 11.5 Å². The van der Waals surface area contributed by atoms with Crippen molar-refractivity contribution in [3.8, 4) is 11.5 Å². The van der Waals surface area contributed by atoms with E-state index >= 15 is 0 Å². The number of fused-ring (bicyclic) bond motifs is 2. The molecule has 0 fully saturated rings. The second kappa shape index (κ2) is 7.52. The molecule has 2 aromatic carbocycles. The molecule has 3 aromatic rings. The summed E-state index contributed by atoms with van der Waals surface area (Å²) in [6, 6.07) is 19.7. The highest BCUT2D eigenvalue weighted by molar-refractivity contribution is 5.89. The number of ether oxygens (including phenoxy) is 1. The first-order valence-corrected chi connectivity index (χ1v) is 9.47. The van der Waals surface area contributed by atoms with E-state index in [1.54, 1.807) is 0 Å². The molecule has 144 valence electrons. The monoisotopic (exact) mass is 375 g/mol. The summed E-state index contributed by atoms with van der Waals surface area (Å²) in [4.78, 5) is 15.4. The van der Waals surface area contributed by atoms with Crippen LogP contribution in [0.25, 0.3) is 0 Å². The SMILES string of the molecule is CN(C)C(CNC(=O)C1c2ccccc2Oc2ccccc21)c1cccn1C. The van der Waals surface area contributed by atoms with Crippen molar-refractivity contribution in [2.45, 2.75) is 12.0 Å². The molecule has 5 heteroatoms. The molecule has 1 aromatic heterocycles. The Morgan fingerprint density at radius 1 is 1.04 bits per heavy atom. The first-order valence-electron chi connectivity index (χ1n) is 9.47. The highest BCUT2D eigenvalue weighted by atomic mass is 16.5. The van der Waals surface area contributed by atoms with Crippen LogP contribution in [0.15, 0.2) is 66.9 Å². The number of benzene rings is 2. The molecule has 0 saturated heterocycles. The highest BCUT2D eigenvalue weighted by Crippen LogP contribution is 2.43. The molecule has 1 aliphatic heterocycles. The van der Waals surface area contributed by atoms with Crippen molar-refractivity contribution >= 4 is 5.91 Å². The summed E-state index contributed by atoms with van der Waals surface area (Å²) in [5.74, 6) is 1.10. The van der Waals surface area contributed by atoms with E-state index in [2.05, 4.69) is 20.9 Å². The summed E-state index contributed by atoms with van der Waals surface area (Å²) in [6.45, 7) is 0.533. The van der Waals surface area contributed by atoms with Gasteiger partial charge in [0.1, 0.15) is 11.5 Å². The molecule has 0 radical (unpaired) electrons. The van der Waals surface area contributed by atoms with Crippen LogP contribution in [0.3, 0.4) is 0 Å². The van der Waals surface area contributed by atoms with Crippen LogP contribution in [0.4, 0.5) is 0 Å². The maximum atomic E-state index is 13.3. The summed E-state index contributed by atoms with van der Waals surface area (Å²) in [6.07, 6.45) is 2.03. The van der Waals surface area contributed by atoms with E-state index in [0.29, 0.717) is 6.54 Å². The number of aromatic nitrogens is 1. The molecule has 28 heavy (non-hydrogen) atoms. The van der Waals surface area contributed by atoms with Gasteiger partial charge in [0.15, 0.2) is 0 Å². The molecule has 0 saturated carbocycles. The smallest absolute Gasteiger partial charge is 0.232 e. The summed E-state index contributed by atoms with van der Waals surface area (Å²) in [5, 5.41) is 3.18. The van der Waals surface area contributed by atoms with E-state index in [-0.39, 0.29) is 17.9 Å². The Balaban J connectivity index is 1.61. The van der Waals surface area contributed by atoms with E-state index in [9.17, 15) is 4.79 Å². The van der Waals surface area contributed by atoms with Gasteiger partial charge in [-0.3, -0.25) is 9.69 Å². The number of amides is 1. The number of rotatable bonds is 5. The molecule has 0 bridgehead atoms. The quantitative estimate of drug-likeness (QED) is 0.740. The number of para-hydroxylation sites is 2. The van der Waals surface area contributed by atoms with E-state index in [1.165, 1.54) is 0 Å². The van der Waals surface area contributed by atoms with Crippen molar-refractivity contribution in [2.75, 3.05) is 20.6 Å². The van der Waals surface area contributed by atoms with Gasteiger partial charge in [-0.05, 0) is 38.4 Å². The Morgan fingerprint density at radius 3 is 2.18 bits per heavy atom. The zero-order chi connectivity index (χ0) is 19.7. The van der Waals surface area contributed by atoms with Gasteiger partial charge in [0.25, 0.3) is 0 Å². The molecule has 1 amide bonds. The minimum Gasteiger partial charge on any atom is -0.457 e. The summed E-state index contributed by atoms with van der Waals surface area (Å²) < 4.78 is 8.10. The lowest BCUT2D eigenvalue weighted by Crippen LogP contribution is -2.38. The van der Waals surface area contributed by atoms with Crippen LogP contribution >= 0.6 is 0 Å². The minimum atomic E-state index is -0.377. The van der Waals surface area contributed by atoms with Gasteiger partial charge in [0, 0.05) is 36.6 Å². The number of likely N-dealkylation sites (N-methyl/N-ethyl adjacent to an activating group) is 1. The predicted molar refractivity (Wildman–Crippen MR) is 110 cm³/mol. The van der Waals surface area contributed by atoms with Gasteiger partial charge in [-0.1, -0.05) is 36.4 Å². The van der Waals surface area contributed by atoms with Gasteiger partial charge in [-0.25, -0.2) is 0 Å². The molecule has 1 unspecified atom stereocenters. The van der Waals surface area contributed by atoms with Crippen LogP contribution in [0, 0.1) is 0 Å². The first-order chi connectivity index (χ1) is 13.6. The number of nitrogens with zero attached hydrogens (tertiary/aromatic N) is 2. The Bertz CT molecular complexity index is 947. The lowest BCUT2D eigenvalue weighted by atomic mass is 9.87. The second-order valence-electron chi connectivity index (χ2n) is 7.38. The maximum Gasteiger partial charge on any atom is 0.232 e. The molecule has 0 spiro atoms. The molecular weight excluding hydrogens is 350 g/mol. The third-order valence-corrected chi connectivity index (χ3v) is 5.36. The Morgan fingerprint density at radius 2 is 1.64 bits per heavy atom. The van der Waals surface area contributed by atoms with Crippen molar-refractivity contribution in [2.24, 2.45) is 7.05 Å². The Labute approximate surface area is 165 Å². The highest BCUT2D eigenvalue weighted by Gasteiger charge is 2.32. The summed E-state index contributed by atoms with van der Waals surface area (Å²) >= 11 is 0. The van der Waals surface area contributed by atoms with E-state index < -0.39 is 0 Å². The third kappa shape index (κ3) is 3.29. The van der Waals surface area contributed by atoms with Crippen LogP contribution < -0.4 is 10.1 Å². The van der Waals surface area contributed by atoms with Crippen molar-refractivity contribution in [1.82, 2.24) is 14.8 Å². The molecule has 1 atom stereocenters. The van der Waals surface area contributed by atoms with Crippen molar-refractivity contribution < 1.29 is 9.53 Å². The van der Waals surface area contributed by atoms with Crippen molar-refractivity contribution in [1.29, 1.82) is 0 Å². The number of aryl methyl sites for hydroxylation is 1. The minimum absolute atomic E-state index is 0.00995. The lowest BCUT2D eigenvalue weighted by molar-refractivity contribution is -0.122. The van der Waals surface area contributed by atoms with E-state index in [1.807, 2.05) is 81.9 Å². The van der Waals surface area contributed by atoms with Gasteiger partial charge in [0.05, 0.1) is 12.0 Å². The number of nitrogens with one attached hydrogen (secondary N) is 1. The molecule has 0 aliphatic carbocycles. The average Bonchev–Trinajstić information content (AvgIpc) is 3.11. The van der Waals surface area contributed by atoms with Crippen LogP contribution in [-0.4, -0.2) is 36.0 Å². The van der Waals surface area contributed by atoms with Crippen LogP contribution in [0.1, 0.15) is 28.8 Å². The number of hydrogen-bond acceptors (Lipinski definition) is 3. The molecule has 1 aliphatic rings. The van der Waals surface area contributed by atoms with Gasteiger partial charge in [0.2, 0.25) is 5.91 Å². The van der Waals surface area contributed by atoms with Gasteiger partial charge >= 0.3 is 0 Å². The molecular formula is C23H25N3O2. The van der Waals surface area contributed by atoms with Crippen molar-refractivity contribution in [3.05, 3.63) is 83.7 Å². The average molecular weight is 375 g/mol. The molecule has 5 nitrogen and oxygen atoms in total. The third-order valence-electron chi connectivity index (χ3n) is 5.36. The van der Waals surface area contributed by atoms with Gasteiger partial charge in [-0.15, -0.1) is 0 Å². The molecule has 2 heterocycles. The van der Waals surface area contributed by atoms with Gasteiger partial charge in [-0.2, -0.15) is 0 Å². The summed E-state index contributed by atoms with van der Waals surface area (Å²) in [7, 11) is 6.09. The Kier molecular flexibility index (Phi) is 4.92. The van der Waals surface area contributed by atoms with Gasteiger partial charge < -0.3 is 14.6 Å². The maximum absolute atomic E-state index is 13.3. The number of hydrogen-bond donors (Lipinski definition) is 1. The molecule has 1 N–H and O–H groups in total. The zero-order valence-corrected chi connectivity index (χ0v) is 16.4. The van der Waals surface area contributed by atoms with E-state index in [0.717, 1.165) is 28.3 Å². The fraction of sp³-hybridized carbons (Fsp3) is 0.261. The van der Waals surface area contributed by atoms with Crippen molar-refractivity contribution in [3.63, 3.8) is 0 Å². The topological polar surface area (TPSA) is 46.5 Å². The van der Waals surface area contributed by atoms with Crippen LogP contribution in [-0.2, 0) is 11.8 Å². The van der Waals surface area contributed by atoms with E-state index in [4.69, 9.17) is 4.74 Å². The van der Waals surface area contributed by atoms with Crippen LogP contribution in [0.2, 0.25) is 0 Å². The number of carbonyl (C=O) groups excluding carboxylic acids is 1. The fourth-order valence-corrected chi connectivity index (χ4v) is 3.86. The number of carbonyl (C=O) groups is 1. The molecule has 4 rings (SSSR count). The first kappa shape index (κ1) is 18.3. The summed E-state index contributed by atoms with van der Waals surface area (Å²) in [5.41, 5.74) is 2.97. The normalized spacial score (nSPS) is 14.1. The predicted octanol–water partition coefficient (Wildman–Crippen LogP) is 3.68. The Hall–Kier alpha value is -3.05. The second-order valence-corrected chi connectivity index (χ2v) is 7.38. The standard InChI is InChI=1S/C23H25N3O2/c1-25(2)19(18-11-8-14-26(18)3)15-24-23(27)22-16-9-4-6-12-20(16)28-21-13-7-5-10-17(21)22/h4-14,19,22H,15H2,1-3H3,(H,24,27). The zero-order valence-electron chi connectivity index (χ0n) is 16.4. The largest absolute Gasteiger partial charge is 0.457 e. The fourth-order valence-electron chi connectivity index (χ4n) is 3.86. The lowest BCUT2D eigenvalue weighted by Gasteiger charge is -2.29.